The Morgan fingerprint density at radius 3 is 2.86 bits per heavy atom. The second-order valence-corrected chi connectivity index (χ2v) is 4.85. The van der Waals surface area contributed by atoms with Crippen molar-refractivity contribution in [3.05, 3.63) is 61.5 Å². The number of nitrogens with one attached hydrogen (secondary N) is 2. The fourth-order valence-electron chi connectivity index (χ4n) is 1.73. The van der Waals surface area contributed by atoms with E-state index >= 15 is 0 Å². The van der Waals surface area contributed by atoms with Gasteiger partial charge in [0.15, 0.2) is 0 Å². The monoisotopic (exact) mass is 296 g/mol. The second kappa shape index (κ2) is 7.83. The van der Waals surface area contributed by atoms with E-state index in [-0.39, 0.29) is 0 Å². The number of anilines is 3. The molecule has 0 atom stereocenters. The lowest BCUT2D eigenvalue weighted by atomic mass is 10.3. The highest BCUT2D eigenvalue weighted by atomic mass is 16.5. The molecule has 0 amide bonds. The number of aromatic nitrogens is 2. The topological polar surface area (TPSA) is 59.1 Å². The van der Waals surface area contributed by atoms with E-state index < -0.39 is 0 Å². The first-order chi connectivity index (χ1) is 10.7. The Bertz CT molecular complexity index is 655. The van der Waals surface area contributed by atoms with E-state index in [2.05, 4.69) is 33.8 Å². The molecule has 2 N–H and O–H groups in total. The SMILES string of the molecule is C=CCOc1cccc(Nc2cc(NCC(=C)C)ncn2)c1. The lowest BCUT2D eigenvalue weighted by Gasteiger charge is -2.10. The van der Waals surface area contributed by atoms with Crippen molar-refractivity contribution in [1.29, 1.82) is 0 Å². The normalized spacial score (nSPS) is 9.86. The van der Waals surface area contributed by atoms with Crippen LogP contribution in [0.15, 0.2) is 61.5 Å². The molecule has 0 aliphatic rings. The van der Waals surface area contributed by atoms with Crippen molar-refractivity contribution in [2.75, 3.05) is 23.8 Å². The average molecular weight is 296 g/mol. The molecule has 0 aliphatic carbocycles. The van der Waals surface area contributed by atoms with E-state index in [4.69, 9.17) is 4.74 Å². The fourth-order valence-corrected chi connectivity index (χ4v) is 1.73. The van der Waals surface area contributed by atoms with Crippen molar-refractivity contribution in [1.82, 2.24) is 9.97 Å². The maximum atomic E-state index is 5.51. The van der Waals surface area contributed by atoms with E-state index in [1.165, 1.54) is 6.33 Å². The number of hydrogen-bond donors (Lipinski definition) is 2. The van der Waals surface area contributed by atoms with Crippen LogP contribution in [0.4, 0.5) is 17.3 Å². The molecule has 0 radical (unpaired) electrons. The smallest absolute Gasteiger partial charge is 0.135 e. The van der Waals surface area contributed by atoms with E-state index in [0.717, 1.165) is 22.8 Å². The van der Waals surface area contributed by atoms with E-state index in [1.807, 2.05) is 37.3 Å². The van der Waals surface area contributed by atoms with Gasteiger partial charge in [-0.2, -0.15) is 0 Å². The Kier molecular flexibility index (Phi) is 5.54. The summed E-state index contributed by atoms with van der Waals surface area (Å²) in [5.41, 5.74) is 1.94. The molecule has 5 heteroatoms. The quantitative estimate of drug-likeness (QED) is 0.726. The Morgan fingerprint density at radius 2 is 2.09 bits per heavy atom. The van der Waals surface area contributed by atoms with Crippen LogP contribution in [-0.2, 0) is 0 Å². The van der Waals surface area contributed by atoms with Crippen molar-refractivity contribution in [3.8, 4) is 5.75 Å². The Hall–Kier alpha value is -2.82. The predicted octanol–water partition coefficient (Wildman–Crippen LogP) is 3.77. The highest BCUT2D eigenvalue weighted by molar-refractivity contribution is 5.60. The second-order valence-electron chi connectivity index (χ2n) is 4.85. The highest BCUT2D eigenvalue weighted by Crippen LogP contribution is 2.21. The van der Waals surface area contributed by atoms with Gasteiger partial charge in [0.1, 0.15) is 30.3 Å². The summed E-state index contributed by atoms with van der Waals surface area (Å²) in [5, 5.41) is 6.41. The summed E-state index contributed by atoms with van der Waals surface area (Å²) in [5.74, 6) is 2.24. The molecule has 1 aromatic carbocycles. The minimum Gasteiger partial charge on any atom is -0.489 e. The van der Waals surface area contributed by atoms with Crippen molar-refractivity contribution >= 4 is 17.3 Å². The Morgan fingerprint density at radius 1 is 1.27 bits per heavy atom. The van der Waals surface area contributed by atoms with Gasteiger partial charge in [-0.15, -0.1) is 0 Å². The summed E-state index contributed by atoms with van der Waals surface area (Å²) in [7, 11) is 0. The zero-order valence-electron chi connectivity index (χ0n) is 12.7. The standard InChI is InChI=1S/C17H20N4O/c1-4-8-22-15-7-5-6-14(9-15)21-17-10-16(19-12-20-17)18-11-13(2)3/h4-7,9-10,12H,1-2,8,11H2,3H3,(H2,18,19,20,21). The molecule has 1 aromatic heterocycles. The van der Waals surface area contributed by atoms with Crippen LogP contribution in [0.2, 0.25) is 0 Å². The van der Waals surface area contributed by atoms with Crippen LogP contribution in [-0.4, -0.2) is 23.1 Å². The average Bonchev–Trinajstić information content (AvgIpc) is 2.52. The molecular formula is C17H20N4O. The first-order valence-electron chi connectivity index (χ1n) is 6.98. The summed E-state index contributed by atoms with van der Waals surface area (Å²) in [6.07, 6.45) is 3.23. The maximum Gasteiger partial charge on any atom is 0.135 e. The molecule has 0 spiro atoms. The van der Waals surface area contributed by atoms with E-state index in [0.29, 0.717) is 19.0 Å². The van der Waals surface area contributed by atoms with Gasteiger partial charge >= 0.3 is 0 Å². The molecule has 0 saturated heterocycles. The number of ether oxygens (including phenoxy) is 1. The first kappa shape index (κ1) is 15.6. The van der Waals surface area contributed by atoms with Gasteiger partial charge in [-0.05, 0) is 19.1 Å². The fraction of sp³-hybridized carbons (Fsp3) is 0.176. The molecule has 0 fully saturated rings. The largest absolute Gasteiger partial charge is 0.489 e. The van der Waals surface area contributed by atoms with Gasteiger partial charge in [0.05, 0.1) is 0 Å². The summed E-state index contributed by atoms with van der Waals surface area (Å²) in [6.45, 7) is 10.6. The lowest BCUT2D eigenvalue weighted by Crippen LogP contribution is -2.05. The third-order valence-electron chi connectivity index (χ3n) is 2.71. The van der Waals surface area contributed by atoms with Crippen LogP contribution < -0.4 is 15.4 Å². The van der Waals surface area contributed by atoms with Crippen molar-refractivity contribution in [3.63, 3.8) is 0 Å². The van der Waals surface area contributed by atoms with Crippen LogP contribution >= 0.6 is 0 Å². The van der Waals surface area contributed by atoms with Crippen LogP contribution in [0.1, 0.15) is 6.92 Å². The molecule has 2 rings (SSSR count). The van der Waals surface area contributed by atoms with Crippen LogP contribution in [0, 0.1) is 0 Å². The van der Waals surface area contributed by atoms with Gasteiger partial charge in [-0.1, -0.05) is 30.9 Å². The van der Waals surface area contributed by atoms with Crippen molar-refractivity contribution < 1.29 is 4.74 Å². The van der Waals surface area contributed by atoms with Crippen LogP contribution in [0.25, 0.3) is 0 Å². The molecule has 22 heavy (non-hydrogen) atoms. The summed E-state index contributed by atoms with van der Waals surface area (Å²) in [4.78, 5) is 8.38. The molecular weight excluding hydrogens is 276 g/mol. The van der Waals surface area contributed by atoms with Gasteiger partial charge < -0.3 is 15.4 Å². The Labute approximate surface area is 130 Å². The van der Waals surface area contributed by atoms with E-state index in [1.54, 1.807) is 6.08 Å². The summed E-state index contributed by atoms with van der Waals surface area (Å²) < 4.78 is 5.51. The highest BCUT2D eigenvalue weighted by Gasteiger charge is 2.01. The molecule has 0 saturated carbocycles. The van der Waals surface area contributed by atoms with Gasteiger partial charge in [-0.3, -0.25) is 0 Å². The molecule has 114 valence electrons. The third-order valence-corrected chi connectivity index (χ3v) is 2.71. The van der Waals surface area contributed by atoms with Gasteiger partial charge in [-0.25, -0.2) is 9.97 Å². The van der Waals surface area contributed by atoms with Gasteiger partial charge in [0.2, 0.25) is 0 Å². The third kappa shape index (κ3) is 4.94. The molecule has 5 nitrogen and oxygen atoms in total. The number of rotatable bonds is 8. The minimum atomic E-state index is 0.478. The number of benzene rings is 1. The molecule has 2 aromatic rings. The summed E-state index contributed by atoms with van der Waals surface area (Å²) in [6, 6.07) is 9.52. The summed E-state index contributed by atoms with van der Waals surface area (Å²) >= 11 is 0. The predicted molar refractivity (Wildman–Crippen MR) is 90.8 cm³/mol. The van der Waals surface area contributed by atoms with Crippen molar-refractivity contribution in [2.24, 2.45) is 0 Å². The number of hydrogen-bond acceptors (Lipinski definition) is 5. The molecule has 0 aliphatic heterocycles. The van der Waals surface area contributed by atoms with Crippen LogP contribution in [0.3, 0.4) is 0 Å². The van der Waals surface area contributed by atoms with Gasteiger partial charge in [0.25, 0.3) is 0 Å². The minimum absolute atomic E-state index is 0.478. The van der Waals surface area contributed by atoms with Gasteiger partial charge in [0, 0.05) is 24.4 Å². The zero-order chi connectivity index (χ0) is 15.8. The molecule has 0 bridgehead atoms. The van der Waals surface area contributed by atoms with Crippen molar-refractivity contribution in [2.45, 2.75) is 6.92 Å². The number of nitrogens with zero attached hydrogens (tertiary/aromatic N) is 2. The first-order valence-corrected chi connectivity index (χ1v) is 6.98. The van der Waals surface area contributed by atoms with E-state index in [9.17, 15) is 0 Å². The lowest BCUT2D eigenvalue weighted by molar-refractivity contribution is 0.363. The maximum absolute atomic E-state index is 5.51. The zero-order valence-corrected chi connectivity index (χ0v) is 12.7. The Balaban J connectivity index is 2.05. The molecule has 1 heterocycles. The molecule has 0 unspecified atom stereocenters. The van der Waals surface area contributed by atoms with Crippen LogP contribution in [0.5, 0.6) is 5.75 Å².